The van der Waals surface area contributed by atoms with E-state index in [4.69, 9.17) is 5.73 Å². The predicted molar refractivity (Wildman–Crippen MR) is 113 cm³/mol. The standard InChI is InChI=1S/C24H34N2O/c1-16-21(19-11-13-20(14-12-19)24(3,4)5)22(23(25)27)17(2)26(16)15-18-9-7-6-8-10-18/h11-14,18H,6-10,15H2,1-5H3,(H2,25,27). The van der Waals surface area contributed by atoms with Crippen molar-refractivity contribution in [3.8, 4) is 11.1 Å². The van der Waals surface area contributed by atoms with E-state index >= 15 is 0 Å². The van der Waals surface area contributed by atoms with Gasteiger partial charge in [-0.05, 0) is 49.1 Å². The molecule has 1 heterocycles. The zero-order valence-corrected chi connectivity index (χ0v) is 17.6. The molecule has 1 aromatic heterocycles. The average molecular weight is 367 g/mol. The fraction of sp³-hybridized carbons (Fsp3) is 0.542. The number of nitrogens with two attached hydrogens (primary N) is 1. The molecule has 3 rings (SSSR count). The molecule has 0 radical (unpaired) electrons. The van der Waals surface area contributed by atoms with Crippen LogP contribution in [-0.4, -0.2) is 10.5 Å². The number of benzene rings is 1. The minimum atomic E-state index is -0.326. The number of amides is 1. The van der Waals surface area contributed by atoms with Crippen molar-refractivity contribution in [1.82, 2.24) is 4.57 Å². The zero-order valence-electron chi connectivity index (χ0n) is 17.6. The van der Waals surface area contributed by atoms with Crippen molar-refractivity contribution < 1.29 is 4.79 Å². The third-order valence-corrected chi connectivity index (χ3v) is 6.23. The summed E-state index contributed by atoms with van der Waals surface area (Å²) in [6, 6.07) is 8.63. The lowest BCUT2D eigenvalue weighted by atomic mass is 9.86. The number of rotatable bonds is 4. The van der Waals surface area contributed by atoms with Gasteiger partial charge < -0.3 is 10.3 Å². The normalized spacial score (nSPS) is 15.9. The third kappa shape index (κ3) is 3.97. The van der Waals surface area contributed by atoms with E-state index in [-0.39, 0.29) is 11.3 Å². The quantitative estimate of drug-likeness (QED) is 0.736. The smallest absolute Gasteiger partial charge is 0.251 e. The van der Waals surface area contributed by atoms with Crippen molar-refractivity contribution in [2.75, 3.05) is 0 Å². The number of hydrogen-bond donors (Lipinski definition) is 1. The van der Waals surface area contributed by atoms with E-state index in [1.165, 1.54) is 37.7 Å². The summed E-state index contributed by atoms with van der Waals surface area (Å²) in [5, 5.41) is 0. The molecule has 0 atom stereocenters. The fourth-order valence-electron chi connectivity index (χ4n) is 4.58. The van der Waals surface area contributed by atoms with Crippen molar-refractivity contribution in [2.24, 2.45) is 11.7 Å². The minimum Gasteiger partial charge on any atom is -0.366 e. The number of nitrogens with zero attached hydrogens (tertiary/aromatic N) is 1. The highest BCUT2D eigenvalue weighted by molar-refractivity contribution is 6.02. The highest BCUT2D eigenvalue weighted by Gasteiger charge is 2.25. The van der Waals surface area contributed by atoms with Crippen molar-refractivity contribution in [2.45, 2.75) is 78.7 Å². The fourth-order valence-corrected chi connectivity index (χ4v) is 4.58. The minimum absolute atomic E-state index is 0.114. The van der Waals surface area contributed by atoms with E-state index in [2.05, 4.69) is 56.5 Å². The first-order valence-corrected chi connectivity index (χ1v) is 10.3. The van der Waals surface area contributed by atoms with E-state index in [1.54, 1.807) is 0 Å². The first-order valence-electron chi connectivity index (χ1n) is 10.3. The van der Waals surface area contributed by atoms with Crippen LogP contribution >= 0.6 is 0 Å². The Morgan fingerprint density at radius 1 is 1.04 bits per heavy atom. The number of carbonyl (C=O) groups is 1. The van der Waals surface area contributed by atoms with Crippen LogP contribution < -0.4 is 5.73 Å². The summed E-state index contributed by atoms with van der Waals surface area (Å²) in [5.74, 6) is 0.383. The molecule has 146 valence electrons. The summed E-state index contributed by atoms with van der Waals surface area (Å²) in [5.41, 5.74) is 12.2. The highest BCUT2D eigenvalue weighted by Crippen LogP contribution is 2.35. The van der Waals surface area contributed by atoms with E-state index in [0.717, 1.165) is 29.1 Å². The van der Waals surface area contributed by atoms with Crippen LogP contribution in [0.4, 0.5) is 0 Å². The van der Waals surface area contributed by atoms with Gasteiger partial charge in [-0.1, -0.05) is 64.3 Å². The topological polar surface area (TPSA) is 48.0 Å². The monoisotopic (exact) mass is 366 g/mol. The largest absolute Gasteiger partial charge is 0.366 e. The molecular weight excluding hydrogens is 332 g/mol. The molecule has 0 spiro atoms. The number of carbonyl (C=O) groups excluding carboxylic acids is 1. The van der Waals surface area contributed by atoms with Crippen molar-refractivity contribution in [3.05, 3.63) is 46.8 Å². The molecule has 1 fully saturated rings. The number of hydrogen-bond acceptors (Lipinski definition) is 1. The van der Waals surface area contributed by atoms with Gasteiger partial charge >= 0.3 is 0 Å². The van der Waals surface area contributed by atoms with Gasteiger partial charge in [0.2, 0.25) is 0 Å². The SMILES string of the molecule is Cc1c(C(N)=O)c(-c2ccc(C(C)(C)C)cc2)c(C)n1CC1CCCCC1. The number of aromatic nitrogens is 1. The first-order chi connectivity index (χ1) is 12.7. The van der Waals surface area contributed by atoms with Crippen molar-refractivity contribution >= 4 is 5.91 Å². The molecule has 1 aliphatic carbocycles. The average Bonchev–Trinajstić information content (AvgIpc) is 2.87. The third-order valence-electron chi connectivity index (χ3n) is 6.23. The highest BCUT2D eigenvalue weighted by atomic mass is 16.1. The molecule has 2 N–H and O–H groups in total. The molecule has 1 aliphatic rings. The summed E-state index contributed by atoms with van der Waals surface area (Å²) < 4.78 is 2.34. The molecule has 1 amide bonds. The van der Waals surface area contributed by atoms with Crippen LogP contribution in [0.1, 0.15) is 80.2 Å². The maximum Gasteiger partial charge on any atom is 0.251 e. The summed E-state index contributed by atoms with van der Waals surface area (Å²) >= 11 is 0. The molecular formula is C24H34N2O. The Hall–Kier alpha value is -2.03. The van der Waals surface area contributed by atoms with Gasteiger partial charge in [0.15, 0.2) is 0 Å². The maximum atomic E-state index is 12.3. The van der Waals surface area contributed by atoms with Gasteiger partial charge in [0.05, 0.1) is 5.56 Å². The van der Waals surface area contributed by atoms with E-state index in [9.17, 15) is 4.79 Å². The second-order valence-corrected chi connectivity index (χ2v) is 9.23. The Labute approximate surface area is 164 Å². The molecule has 1 saturated carbocycles. The van der Waals surface area contributed by atoms with Crippen LogP contribution in [0.5, 0.6) is 0 Å². The molecule has 27 heavy (non-hydrogen) atoms. The Morgan fingerprint density at radius 3 is 2.15 bits per heavy atom. The second kappa shape index (κ2) is 7.53. The second-order valence-electron chi connectivity index (χ2n) is 9.23. The summed E-state index contributed by atoms with van der Waals surface area (Å²) in [6.45, 7) is 11.8. The predicted octanol–water partition coefficient (Wildman–Crippen LogP) is 5.75. The van der Waals surface area contributed by atoms with E-state index in [1.807, 2.05) is 6.92 Å². The van der Waals surface area contributed by atoms with E-state index < -0.39 is 0 Å². The van der Waals surface area contributed by atoms with Crippen LogP contribution in [0, 0.1) is 19.8 Å². The maximum absolute atomic E-state index is 12.3. The summed E-state index contributed by atoms with van der Waals surface area (Å²) in [6.07, 6.45) is 6.59. The molecule has 2 aromatic rings. The summed E-state index contributed by atoms with van der Waals surface area (Å²) in [4.78, 5) is 12.3. The Morgan fingerprint density at radius 2 is 1.63 bits per heavy atom. The van der Waals surface area contributed by atoms with Crippen molar-refractivity contribution in [3.63, 3.8) is 0 Å². The molecule has 3 nitrogen and oxygen atoms in total. The first kappa shape index (κ1) is 19.7. The van der Waals surface area contributed by atoms with Crippen LogP contribution in [-0.2, 0) is 12.0 Å². The molecule has 0 saturated heterocycles. The molecule has 1 aromatic carbocycles. The van der Waals surface area contributed by atoms with E-state index in [0.29, 0.717) is 11.5 Å². The van der Waals surface area contributed by atoms with Crippen molar-refractivity contribution in [1.29, 1.82) is 0 Å². The lowest BCUT2D eigenvalue weighted by molar-refractivity contribution is 0.1000. The van der Waals surface area contributed by atoms with Gasteiger partial charge in [-0.3, -0.25) is 4.79 Å². The van der Waals surface area contributed by atoms with Gasteiger partial charge in [-0.25, -0.2) is 0 Å². The van der Waals surface area contributed by atoms with Crippen LogP contribution in [0.3, 0.4) is 0 Å². The van der Waals surface area contributed by atoms with Crippen LogP contribution in [0.15, 0.2) is 24.3 Å². The van der Waals surface area contributed by atoms with Gasteiger partial charge in [0.1, 0.15) is 0 Å². The molecule has 0 unspecified atom stereocenters. The summed E-state index contributed by atoms with van der Waals surface area (Å²) in [7, 11) is 0. The lowest BCUT2D eigenvalue weighted by Crippen LogP contribution is -2.17. The van der Waals surface area contributed by atoms with Gasteiger partial charge in [-0.15, -0.1) is 0 Å². The van der Waals surface area contributed by atoms with Gasteiger partial charge in [-0.2, -0.15) is 0 Å². The zero-order chi connectivity index (χ0) is 19.8. The molecule has 3 heteroatoms. The Bertz CT molecular complexity index is 816. The van der Waals surface area contributed by atoms with Crippen LogP contribution in [0.2, 0.25) is 0 Å². The molecule has 0 aliphatic heterocycles. The van der Waals surface area contributed by atoms with Gasteiger partial charge in [0, 0.05) is 23.5 Å². The molecule has 0 bridgehead atoms. The number of primary amides is 1. The Balaban J connectivity index is 2.03. The van der Waals surface area contributed by atoms with Gasteiger partial charge in [0.25, 0.3) is 5.91 Å². The van der Waals surface area contributed by atoms with Crippen LogP contribution in [0.25, 0.3) is 11.1 Å². The Kier molecular flexibility index (Phi) is 5.50. The lowest BCUT2D eigenvalue weighted by Gasteiger charge is -2.24.